The van der Waals surface area contributed by atoms with Gasteiger partial charge in [0.15, 0.2) is 6.04 Å². The maximum atomic E-state index is 13.3. The van der Waals surface area contributed by atoms with E-state index in [9.17, 15) is 44.1 Å². The Kier molecular flexibility index (Phi) is 17.0. The molecule has 0 aromatic heterocycles. The molecule has 0 saturated carbocycles. The molecule has 248 valence electrons. The molecule has 0 aromatic rings. The fourth-order valence-electron chi connectivity index (χ4n) is 3.94. The first-order valence-corrected chi connectivity index (χ1v) is 14.5. The van der Waals surface area contributed by atoms with Crippen LogP contribution in [-0.2, 0) is 28.8 Å². The van der Waals surface area contributed by atoms with Crippen LogP contribution in [0.4, 0.5) is 0 Å². The lowest BCUT2D eigenvalue weighted by Gasteiger charge is -2.29. The molecular weight excluding hydrogens is 564 g/mol. The van der Waals surface area contributed by atoms with Crippen LogP contribution in [0, 0.1) is 23.7 Å². The summed E-state index contributed by atoms with van der Waals surface area (Å²) < 4.78 is 0. The molecule has 0 unspecified atom stereocenters. The number of carboxylic acid groups (broad SMARTS) is 1. The van der Waals surface area contributed by atoms with E-state index in [-0.39, 0.29) is 18.3 Å². The lowest BCUT2D eigenvalue weighted by Crippen LogP contribution is -2.62. The van der Waals surface area contributed by atoms with Gasteiger partial charge in [-0.25, -0.2) is 4.79 Å². The van der Waals surface area contributed by atoms with Gasteiger partial charge < -0.3 is 47.6 Å². The van der Waals surface area contributed by atoms with Crippen LogP contribution >= 0.6 is 0 Å². The predicted molar refractivity (Wildman–Crippen MR) is 158 cm³/mol. The standard InChI is InChI=1S/C28H52N6O9/c1-12(2)10-17(23(37)34-22(16(9)36)28(42)43)30-26(40)20(14(5)6)32-24(38)18(11-35)31-27(41)21(15(7)8)33-25(39)19(29)13(3)4/h12-22,35-36H,10-11,29H2,1-9H3,(H,30,40)(H,31,41)(H,32,38)(H,33,39)(H,34,37)(H,42,43)/t16-,17+,18+,19+,20+,21+,22+/m1/s1. The molecule has 7 atom stereocenters. The minimum atomic E-state index is -1.60. The molecule has 0 aliphatic carbocycles. The Bertz CT molecular complexity index is 970. The van der Waals surface area contributed by atoms with E-state index in [2.05, 4.69) is 26.6 Å². The van der Waals surface area contributed by atoms with E-state index in [0.29, 0.717) is 0 Å². The highest BCUT2D eigenvalue weighted by Gasteiger charge is 2.35. The van der Waals surface area contributed by atoms with Crippen molar-refractivity contribution in [2.75, 3.05) is 6.61 Å². The van der Waals surface area contributed by atoms with Crippen molar-refractivity contribution in [3.8, 4) is 0 Å². The van der Waals surface area contributed by atoms with Crippen molar-refractivity contribution in [1.82, 2.24) is 26.6 Å². The Morgan fingerprint density at radius 3 is 1.33 bits per heavy atom. The first kappa shape index (κ1) is 39.7. The van der Waals surface area contributed by atoms with Gasteiger partial charge in [0.2, 0.25) is 29.5 Å². The van der Waals surface area contributed by atoms with Gasteiger partial charge in [0, 0.05) is 0 Å². The van der Waals surface area contributed by atoms with Crippen LogP contribution in [0.5, 0.6) is 0 Å². The van der Waals surface area contributed by atoms with Gasteiger partial charge >= 0.3 is 5.97 Å². The van der Waals surface area contributed by atoms with E-state index >= 15 is 0 Å². The number of hydrogen-bond acceptors (Lipinski definition) is 9. The Morgan fingerprint density at radius 2 is 0.977 bits per heavy atom. The zero-order valence-corrected chi connectivity index (χ0v) is 26.6. The summed E-state index contributed by atoms with van der Waals surface area (Å²) in [5.74, 6) is -6.40. The summed E-state index contributed by atoms with van der Waals surface area (Å²) in [6, 6.07) is -7.40. The van der Waals surface area contributed by atoms with E-state index in [1.54, 1.807) is 55.4 Å². The molecule has 0 aliphatic rings. The van der Waals surface area contributed by atoms with E-state index in [1.807, 2.05) is 0 Å². The van der Waals surface area contributed by atoms with Gasteiger partial charge in [-0.1, -0.05) is 55.4 Å². The summed E-state index contributed by atoms with van der Waals surface area (Å²) in [6.07, 6.45) is -1.28. The average molecular weight is 617 g/mol. The van der Waals surface area contributed by atoms with Gasteiger partial charge in [-0.05, 0) is 37.0 Å². The summed E-state index contributed by atoms with van der Waals surface area (Å²) in [5.41, 5.74) is 5.88. The van der Waals surface area contributed by atoms with E-state index in [0.717, 1.165) is 0 Å². The third kappa shape index (κ3) is 13.3. The number of nitrogens with one attached hydrogen (secondary N) is 5. The highest BCUT2D eigenvalue weighted by atomic mass is 16.4. The van der Waals surface area contributed by atoms with E-state index in [1.165, 1.54) is 6.92 Å². The van der Waals surface area contributed by atoms with Crippen molar-refractivity contribution in [3.05, 3.63) is 0 Å². The number of amides is 5. The second-order valence-corrected chi connectivity index (χ2v) is 12.2. The molecule has 0 aliphatic heterocycles. The minimum absolute atomic E-state index is 0.101. The lowest BCUT2D eigenvalue weighted by atomic mass is 9.99. The highest BCUT2D eigenvalue weighted by molar-refractivity contribution is 5.96. The van der Waals surface area contributed by atoms with Crippen LogP contribution < -0.4 is 32.3 Å². The molecule has 43 heavy (non-hydrogen) atoms. The van der Waals surface area contributed by atoms with Crippen LogP contribution in [-0.4, -0.2) is 99.8 Å². The monoisotopic (exact) mass is 616 g/mol. The fourth-order valence-corrected chi connectivity index (χ4v) is 3.94. The topological polar surface area (TPSA) is 249 Å². The molecule has 0 bridgehead atoms. The molecule has 0 radical (unpaired) electrons. The van der Waals surface area contributed by atoms with E-state index < -0.39 is 96.3 Å². The van der Waals surface area contributed by atoms with Crippen LogP contribution in [0.15, 0.2) is 0 Å². The van der Waals surface area contributed by atoms with Crippen molar-refractivity contribution in [2.24, 2.45) is 29.4 Å². The zero-order valence-electron chi connectivity index (χ0n) is 26.6. The molecule has 0 rings (SSSR count). The molecule has 0 aromatic carbocycles. The molecule has 0 heterocycles. The summed E-state index contributed by atoms with van der Waals surface area (Å²) in [5, 5.41) is 41.1. The maximum absolute atomic E-state index is 13.3. The number of carbonyl (C=O) groups excluding carboxylic acids is 5. The highest BCUT2D eigenvalue weighted by Crippen LogP contribution is 2.10. The molecule has 15 nitrogen and oxygen atoms in total. The van der Waals surface area contributed by atoms with Crippen molar-refractivity contribution in [3.63, 3.8) is 0 Å². The largest absolute Gasteiger partial charge is 0.480 e. The second kappa shape index (κ2) is 18.4. The van der Waals surface area contributed by atoms with Gasteiger partial charge in [0.1, 0.15) is 24.2 Å². The quantitative estimate of drug-likeness (QED) is 0.0836. The van der Waals surface area contributed by atoms with Crippen LogP contribution in [0.2, 0.25) is 0 Å². The normalized spacial score (nSPS) is 16.5. The number of carbonyl (C=O) groups is 6. The lowest BCUT2D eigenvalue weighted by molar-refractivity contribution is -0.145. The number of rotatable bonds is 18. The molecule has 0 saturated heterocycles. The third-order valence-electron chi connectivity index (χ3n) is 6.72. The predicted octanol–water partition coefficient (Wildman–Crippen LogP) is -1.79. The Hall–Kier alpha value is -3.30. The fraction of sp³-hybridized carbons (Fsp3) is 0.786. The number of carboxylic acids is 1. The Morgan fingerprint density at radius 1 is 0.581 bits per heavy atom. The SMILES string of the molecule is CC(C)C[C@H](NC(=O)[C@@H](NC(=O)[C@H](CO)NC(=O)[C@@H](NC(=O)[C@@H](N)C(C)C)C(C)C)C(C)C)C(=O)N[C@H](C(=O)O)[C@@H](C)O. The van der Waals surface area contributed by atoms with Gasteiger partial charge in [0.05, 0.1) is 18.8 Å². The van der Waals surface area contributed by atoms with Crippen molar-refractivity contribution < 1.29 is 44.1 Å². The molecule has 0 fully saturated rings. The number of nitrogens with two attached hydrogens (primary N) is 1. The number of aliphatic hydroxyl groups is 2. The van der Waals surface area contributed by atoms with Gasteiger partial charge in [-0.15, -0.1) is 0 Å². The Balaban J connectivity index is 5.76. The summed E-state index contributed by atoms with van der Waals surface area (Å²) in [7, 11) is 0. The third-order valence-corrected chi connectivity index (χ3v) is 6.72. The number of aliphatic hydroxyl groups excluding tert-OH is 2. The van der Waals surface area contributed by atoms with Crippen molar-refractivity contribution in [2.45, 2.75) is 111 Å². The van der Waals surface area contributed by atoms with Crippen molar-refractivity contribution in [1.29, 1.82) is 0 Å². The summed E-state index contributed by atoms with van der Waals surface area (Å²) >= 11 is 0. The molecule has 15 heteroatoms. The maximum Gasteiger partial charge on any atom is 0.328 e. The molecule has 5 amide bonds. The Labute approximate surface area is 253 Å². The second-order valence-electron chi connectivity index (χ2n) is 12.2. The molecule has 10 N–H and O–H groups in total. The zero-order chi connectivity index (χ0) is 33.8. The number of aliphatic carboxylic acids is 1. The van der Waals surface area contributed by atoms with Gasteiger partial charge in [-0.3, -0.25) is 24.0 Å². The van der Waals surface area contributed by atoms with Crippen LogP contribution in [0.25, 0.3) is 0 Å². The first-order chi connectivity index (χ1) is 19.7. The van der Waals surface area contributed by atoms with Crippen LogP contribution in [0.3, 0.4) is 0 Å². The van der Waals surface area contributed by atoms with E-state index in [4.69, 9.17) is 5.73 Å². The van der Waals surface area contributed by atoms with Gasteiger partial charge in [0.25, 0.3) is 0 Å². The smallest absolute Gasteiger partial charge is 0.328 e. The molecular formula is C28H52N6O9. The number of hydrogen-bond donors (Lipinski definition) is 9. The summed E-state index contributed by atoms with van der Waals surface area (Å²) in [4.78, 5) is 76.1. The first-order valence-electron chi connectivity index (χ1n) is 14.5. The molecule has 0 spiro atoms. The minimum Gasteiger partial charge on any atom is -0.480 e. The van der Waals surface area contributed by atoms with Gasteiger partial charge in [-0.2, -0.15) is 0 Å². The van der Waals surface area contributed by atoms with Crippen molar-refractivity contribution >= 4 is 35.5 Å². The van der Waals surface area contributed by atoms with Crippen LogP contribution in [0.1, 0.15) is 68.7 Å². The summed E-state index contributed by atoms with van der Waals surface area (Å²) in [6.45, 7) is 14.1. The average Bonchev–Trinajstić information content (AvgIpc) is 2.89.